The molecule has 2 rings (SSSR count). The standard InChI is InChI=1S/C12H22N4/c1-3-16-10-14-7-12(16)9-15-5-4-11(8-15)6-13-2/h7,10-11,13H,3-6,8-9H2,1-2H3. The quantitative estimate of drug-likeness (QED) is 0.805. The molecule has 1 aromatic heterocycles. The number of hydrogen-bond acceptors (Lipinski definition) is 3. The molecule has 0 saturated carbocycles. The Kier molecular flexibility index (Phi) is 3.96. The van der Waals surface area contributed by atoms with Gasteiger partial charge < -0.3 is 9.88 Å². The summed E-state index contributed by atoms with van der Waals surface area (Å²) >= 11 is 0. The van der Waals surface area contributed by atoms with Gasteiger partial charge in [0.1, 0.15) is 0 Å². The molecular formula is C12H22N4. The highest BCUT2D eigenvalue weighted by atomic mass is 15.2. The number of rotatable bonds is 5. The van der Waals surface area contributed by atoms with Gasteiger partial charge in [-0.25, -0.2) is 4.98 Å². The molecule has 0 radical (unpaired) electrons. The van der Waals surface area contributed by atoms with Crippen LogP contribution in [0.3, 0.4) is 0 Å². The summed E-state index contributed by atoms with van der Waals surface area (Å²) in [6, 6.07) is 0. The molecule has 1 aromatic rings. The third kappa shape index (κ3) is 2.62. The van der Waals surface area contributed by atoms with Crippen molar-refractivity contribution < 1.29 is 0 Å². The van der Waals surface area contributed by atoms with Crippen LogP contribution in [0.1, 0.15) is 19.0 Å². The van der Waals surface area contributed by atoms with Crippen molar-refractivity contribution in [2.75, 3.05) is 26.7 Å². The van der Waals surface area contributed by atoms with Crippen LogP contribution >= 0.6 is 0 Å². The third-order valence-corrected chi connectivity index (χ3v) is 3.39. The minimum Gasteiger partial charge on any atom is -0.334 e. The summed E-state index contributed by atoms with van der Waals surface area (Å²) in [5.41, 5.74) is 1.34. The summed E-state index contributed by atoms with van der Waals surface area (Å²) < 4.78 is 2.23. The number of aryl methyl sites for hydroxylation is 1. The number of aromatic nitrogens is 2. The van der Waals surface area contributed by atoms with Gasteiger partial charge in [0.25, 0.3) is 0 Å². The van der Waals surface area contributed by atoms with Crippen LogP contribution in [0.15, 0.2) is 12.5 Å². The summed E-state index contributed by atoms with van der Waals surface area (Å²) in [7, 11) is 2.04. The van der Waals surface area contributed by atoms with Crippen LogP contribution in [0.25, 0.3) is 0 Å². The Labute approximate surface area is 97.7 Å². The summed E-state index contributed by atoms with van der Waals surface area (Å²) in [5.74, 6) is 0.822. The van der Waals surface area contributed by atoms with E-state index in [1.54, 1.807) is 0 Å². The Hall–Kier alpha value is -0.870. The topological polar surface area (TPSA) is 33.1 Å². The lowest BCUT2D eigenvalue weighted by molar-refractivity contribution is 0.307. The van der Waals surface area contributed by atoms with Crippen molar-refractivity contribution in [3.63, 3.8) is 0 Å². The minimum atomic E-state index is 0.822. The predicted octanol–water partition coefficient (Wildman–Crippen LogP) is 0.944. The maximum atomic E-state index is 4.21. The first-order valence-corrected chi connectivity index (χ1v) is 6.19. The molecule has 1 fully saturated rings. The molecule has 16 heavy (non-hydrogen) atoms. The van der Waals surface area contributed by atoms with E-state index in [-0.39, 0.29) is 0 Å². The Morgan fingerprint density at radius 2 is 2.44 bits per heavy atom. The second-order valence-electron chi connectivity index (χ2n) is 4.62. The zero-order chi connectivity index (χ0) is 11.4. The van der Waals surface area contributed by atoms with Crippen molar-refractivity contribution in [3.8, 4) is 0 Å². The van der Waals surface area contributed by atoms with E-state index < -0.39 is 0 Å². The van der Waals surface area contributed by atoms with Crippen LogP contribution in [0.2, 0.25) is 0 Å². The fraction of sp³-hybridized carbons (Fsp3) is 0.750. The molecule has 4 heteroatoms. The maximum Gasteiger partial charge on any atom is 0.0948 e. The highest BCUT2D eigenvalue weighted by Crippen LogP contribution is 2.17. The Balaban J connectivity index is 1.87. The van der Waals surface area contributed by atoms with Gasteiger partial charge >= 0.3 is 0 Å². The lowest BCUT2D eigenvalue weighted by Crippen LogP contribution is -2.25. The van der Waals surface area contributed by atoms with E-state index in [9.17, 15) is 0 Å². The van der Waals surface area contributed by atoms with Crippen molar-refractivity contribution in [1.82, 2.24) is 19.8 Å². The minimum absolute atomic E-state index is 0.822. The van der Waals surface area contributed by atoms with Gasteiger partial charge in [-0.05, 0) is 39.4 Å². The highest BCUT2D eigenvalue weighted by molar-refractivity contribution is 4.99. The van der Waals surface area contributed by atoms with Crippen LogP contribution in [-0.2, 0) is 13.1 Å². The van der Waals surface area contributed by atoms with E-state index in [2.05, 4.69) is 26.7 Å². The van der Waals surface area contributed by atoms with Crippen molar-refractivity contribution in [2.24, 2.45) is 5.92 Å². The molecule has 2 heterocycles. The molecule has 1 aliphatic rings. The Morgan fingerprint density at radius 1 is 1.56 bits per heavy atom. The molecule has 1 unspecified atom stereocenters. The van der Waals surface area contributed by atoms with Crippen LogP contribution < -0.4 is 5.32 Å². The average Bonchev–Trinajstić information content (AvgIpc) is 2.89. The molecule has 1 atom stereocenters. The van der Waals surface area contributed by atoms with E-state index in [1.807, 2.05) is 19.6 Å². The van der Waals surface area contributed by atoms with Gasteiger partial charge in [-0.15, -0.1) is 0 Å². The van der Waals surface area contributed by atoms with Gasteiger partial charge in [0, 0.05) is 25.8 Å². The van der Waals surface area contributed by atoms with Gasteiger partial charge in [0.15, 0.2) is 0 Å². The van der Waals surface area contributed by atoms with Gasteiger partial charge in [0.05, 0.1) is 12.0 Å². The molecule has 1 aliphatic heterocycles. The first-order chi connectivity index (χ1) is 7.83. The van der Waals surface area contributed by atoms with Crippen LogP contribution in [0.5, 0.6) is 0 Å². The number of imidazole rings is 1. The molecule has 0 aliphatic carbocycles. The maximum absolute atomic E-state index is 4.21. The van der Waals surface area contributed by atoms with Crippen LogP contribution in [0, 0.1) is 5.92 Å². The fourth-order valence-corrected chi connectivity index (χ4v) is 2.51. The monoisotopic (exact) mass is 222 g/mol. The van der Waals surface area contributed by atoms with Gasteiger partial charge in [-0.3, -0.25) is 4.90 Å². The first-order valence-electron chi connectivity index (χ1n) is 6.19. The third-order valence-electron chi connectivity index (χ3n) is 3.39. The molecule has 0 bridgehead atoms. The van der Waals surface area contributed by atoms with E-state index in [1.165, 1.54) is 25.2 Å². The molecule has 1 N–H and O–H groups in total. The number of nitrogens with zero attached hydrogens (tertiary/aromatic N) is 3. The van der Waals surface area contributed by atoms with E-state index >= 15 is 0 Å². The molecule has 0 spiro atoms. The van der Waals surface area contributed by atoms with Crippen molar-refractivity contribution in [1.29, 1.82) is 0 Å². The summed E-state index contributed by atoms with van der Waals surface area (Å²) in [6.45, 7) is 7.82. The van der Waals surface area contributed by atoms with Gasteiger partial charge in [0.2, 0.25) is 0 Å². The van der Waals surface area contributed by atoms with Crippen LogP contribution in [0.4, 0.5) is 0 Å². The van der Waals surface area contributed by atoms with Crippen molar-refractivity contribution >= 4 is 0 Å². The normalized spacial score (nSPS) is 21.8. The Morgan fingerprint density at radius 3 is 3.19 bits per heavy atom. The lowest BCUT2D eigenvalue weighted by atomic mass is 10.1. The molecule has 4 nitrogen and oxygen atoms in total. The van der Waals surface area contributed by atoms with Gasteiger partial charge in [-0.2, -0.15) is 0 Å². The number of hydrogen-bond donors (Lipinski definition) is 1. The second-order valence-corrected chi connectivity index (χ2v) is 4.62. The molecule has 0 aromatic carbocycles. The first kappa shape index (κ1) is 11.6. The summed E-state index contributed by atoms with van der Waals surface area (Å²) in [6.07, 6.45) is 5.24. The van der Waals surface area contributed by atoms with E-state index in [0.29, 0.717) is 0 Å². The zero-order valence-electron chi connectivity index (χ0n) is 10.3. The number of nitrogens with one attached hydrogen (secondary N) is 1. The highest BCUT2D eigenvalue weighted by Gasteiger charge is 2.22. The molecule has 1 saturated heterocycles. The van der Waals surface area contributed by atoms with E-state index in [0.717, 1.165) is 25.6 Å². The van der Waals surface area contributed by atoms with Crippen molar-refractivity contribution in [3.05, 3.63) is 18.2 Å². The fourth-order valence-electron chi connectivity index (χ4n) is 2.51. The molecule has 90 valence electrons. The van der Waals surface area contributed by atoms with Gasteiger partial charge in [-0.1, -0.05) is 0 Å². The zero-order valence-corrected chi connectivity index (χ0v) is 10.3. The smallest absolute Gasteiger partial charge is 0.0948 e. The summed E-state index contributed by atoms with van der Waals surface area (Å²) in [5, 5.41) is 3.27. The molecular weight excluding hydrogens is 200 g/mol. The van der Waals surface area contributed by atoms with Crippen LogP contribution in [-0.4, -0.2) is 41.1 Å². The summed E-state index contributed by atoms with van der Waals surface area (Å²) in [4.78, 5) is 6.75. The molecule has 0 amide bonds. The largest absolute Gasteiger partial charge is 0.334 e. The average molecular weight is 222 g/mol. The predicted molar refractivity (Wildman–Crippen MR) is 65.2 cm³/mol. The number of likely N-dealkylation sites (tertiary alicyclic amines) is 1. The van der Waals surface area contributed by atoms with E-state index in [4.69, 9.17) is 0 Å². The lowest BCUT2D eigenvalue weighted by Gasteiger charge is -2.16. The second kappa shape index (κ2) is 5.46. The Bertz CT molecular complexity index is 321. The van der Waals surface area contributed by atoms with Crippen molar-refractivity contribution in [2.45, 2.75) is 26.4 Å². The SMILES string of the molecule is CCn1cncc1CN1CCC(CNC)C1.